The van der Waals surface area contributed by atoms with Crippen molar-refractivity contribution in [2.75, 3.05) is 26.9 Å². The number of hydrogen-bond acceptors (Lipinski definition) is 5. The number of rotatable bonds is 7. The summed E-state index contributed by atoms with van der Waals surface area (Å²) in [6.45, 7) is 3.85. The molecule has 0 aliphatic heterocycles. The first-order valence-electron chi connectivity index (χ1n) is 4.86. The van der Waals surface area contributed by atoms with Gasteiger partial charge in [0.25, 0.3) is 0 Å². The Hall–Kier alpha value is -0.460. The first-order valence-corrected chi connectivity index (χ1v) is 5.74. The van der Waals surface area contributed by atoms with Gasteiger partial charge in [-0.2, -0.15) is 0 Å². The third-order valence-electron chi connectivity index (χ3n) is 2.14. The molecule has 0 spiro atoms. The lowest BCUT2D eigenvalue weighted by atomic mass is 10.2. The van der Waals surface area contributed by atoms with Gasteiger partial charge in [0.2, 0.25) is 0 Å². The topological polar surface area (TPSA) is 56.5 Å². The van der Waals surface area contributed by atoms with Crippen LogP contribution in [0.5, 0.6) is 0 Å². The highest BCUT2D eigenvalue weighted by Gasteiger charge is 2.13. The molecule has 0 bridgehead atoms. The van der Waals surface area contributed by atoms with Crippen LogP contribution < -0.4 is 11.3 Å². The normalized spacial score (nSPS) is 13.0. The molecule has 0 amide bonds. The van der Waals surface area contributed by atoms with Crippen LogP contribution >= 0.6 is 11.3 Å². The molecule has 0 aliphatic rings. The lowest BCUT2D eigenvalue weighted by Crippen LogP contribution is -2.31. The molecular weight excluding hydrogens is 212 g/mol. The van der Waals surface area contributed by atoms with E-state index in [2.05, 4.69) is 23.8 Å². The maximum absolute atomic E-state index is 5.49. The van der Waals surface area contributed by atoms with Gasteiger partial charge in [0, 0.05) is 12.0 Å². The minimum Gasteiger partial charge on any atom is -0.382 e. The summed E-state index contributed by atoms with van der Waals surface area (Å²) >= 11 is 1.69. The Balaban J connectivity index is 2.39. The Morgan fingerprint density at radius 1 is 1.53 bits per heavy atom. The lowest BCUT2D eigenvalue weighted by Gasteiger charge is -2.15. The number of nitrogens with one attached hydrogen (secondary N) is 1. The smallest absolute Gasteiger partial charge is 0.0789 e. The van der Waals surface area contributed by atoms with E-state index in [-0.39, 0.29) is 6.04 Å². The van der Waals surface area contributed by atoms with Crippen molar-refractivity contribution in [3.05, 3.63) is 21.9 Å². The van der Waals surface area contributed by atoms with E-state index in [9.17, 15) is 0 Å². The predicted octanol–water partition coefficient (Wildman–Crippen LogP) is 1.22. The van der Waals surface area contributed by atoms with Crippen molar-refractivity contribution in [1.82, 2.24) is 5.43 Å². The third-order valence-corrected chi connectivity index (χ3v) is 3.27. The lowest BCUT2D eigenvalue weighted by molar-refractivity contribution is 0.0590. The Kier molecular flexibility index (Phi) is 5.82. The van der Waals surface area contributed by atoms with Gasteiger partial charge in [-0.15, -0.1) is 11.3 Å². The molecule has 3 N–H and O–H groups in total. The number of methoxy groups -OCH3 is 1. The fourth-order valence-electron chi connectivity index (χ4n) is 1.28. The van der Waals surface area contributed by atoms with Crippen molar-refractivity contribution in [3.8, 4) is 0 Å². The molecule has 1 heterocycles. The second-order valence-corrected chi connectivity index (χ2v) is 4.20. The van der Waals surface area contributed by atoms with Crippen LogP contribution in [0.15, 0.2) is 11.4 Å². The van der Waals surface area contributed by atoms with Crippen LogP contribution in [0, 0.1) is 6.92 Å². The van der Waals surface area contributed by atoms with Crippen LogP contribution in [0.3, 0.4) is 0 Å². The molecule has 0 fully saturated rings. The highest BCUT2D eigenvalue weighted by Crippen LogP contribution is 2.23. The van der Waals surface area contributed by atoms with Gasteiger partial charge in [0.15, 0.2) is 0 Å². The molecular formula is C10H18N2O2S. The zero-order chi connectivity index (χ0) is 11.1. The zero-order valence-corrected chi connectivity index (χ0v) is 9.97. The number of hydrogen-bond donors (Lipinski definition) is 2. The van der Waals surface area contributed by atoms with Crippen molar-refractivity contribution >= 4 is 11.3 Å². The summed E-state index contributed by atoms with van der Waals surface area (Å²) in [5, 5.41) is 2.06. The quantitative estimate of drug-likeness (QED) is 0.420. The Labute approximate surface area is 94.3 Å². The summed E-state index contributed by atoms with van der Waals surface area (Å²) in [5.74, 6) is 5.49. The number of nitrogens with two attached hydrogens (primary N) is 1. The van der Waals surface area contributed by atoms with Crippen molar-refractivity contribution in [2.24, 2.45) is 5.84 Å². The van der Waals surface area contributed by atoms with Gasteiger partial charge in [-0.1, -0.05) is 0 Å². The molecule has 15 heavy (non-hydrogen) atoms. The number of hydrazine groups is 1. The Morgan fingerprint density at radius 3 is 2.87 bits per heavy atom. The monoisotopic (exact) mass is 230 g/mol. The Bertz CT molecular complexity index is 278. The van der Waals surface area contributed by atoms with Crippen LogP contribution in [0.2, 0.25) is 0 Å². The van der Waals surface area contributed by atoms with E-state index in [4.69, 9.17) is 15.3 Å². The molecule has 0 saturated heterocycles. The van der Waals surface area contributed by atoms with Crippen LogP contribution in [-0.2, 0) is 9.47 Å². The molecule has 86 valence electrons. The summed E-state index contributed by atoms with van der Waals surface area (Å²) in [4.78, 5) is 1.23. The largest absolute Gasteiger partial charge is 0.382 e. The van der Waals surface area contributed by atoms with Crippen LogP contribution in [-0.4, -0.2) is 26.9 Å². The summed E-state index contributed by atoms with van der Waals surface area (Å²) < 4.78 is 10.3. The number of ether oxygens (including phenoxy) is 2. The van der Waals surface area contributed by atoms with E-state index in [1.165, 1.54) is 10.4 Å². The fraction of sp³-hybridized carbons (Fsp3) is 0.600. The molecule has 4 nitrogen and oxygen atoms in total. The van der Waals surface area contributed by atoms with Crippen LogP contribution in [0.4, 0.5) is 0 Å². The summed E-state index contributed by atoms with van der Waals surface area (Å²) in [6, 6.07) is 2.15. The van der Waals surface area contributed by atoms with Crippen LogP contribution in [0.25, 0.3) is 0 Å². The average Bonchev–Trinajstić information content (AvgIpc) is 2.65. The zero-order valence-electron chi connectivity index (χ0n) is 9.16. The van der Waals surface area contributed by atoms with Gasteiger partial charge in [0.05, 0.1) is 25.9 Å². The van der Waals surface area contributed by atoms with Gasteiger partial charge >= 0.3 is 0 Å². The average molecular weight is 230 g/mol. The fourth-order valence-corrected chi connectivity index (χ4v) is 2.26. The summed E-state index contributed by atoms with van der Waals surface area (Å²) in [6.07, 6.45) is 0. The SMILES string of the molecule is COCCOCC(NN)c1sccc1C. The van der Waals surface area contributed by atoms with Gasteiger partial charge < -0.3 is 9.47 Å². The Morgan fingerprint density at radius 2 is 2.33 bits per heavy atom. The summed E-state index contributed by atoms with van der Waals surface area (Å²) in [5.41, 5.74) is 4.02. The van der Waals surface area contributed by atoms with Crippen molar-refractivity contribution in [3.63, 3.8) is 0 Å². The molecule has 0 aromatic carbocycles. The van der Waals surface area contributed by atoms with Gasteiger partial charge in [-0.3, -0.25) is 5.84 Å². The van der Waals surface area contributed by atoms with E-state index >= 15 is 0 Å². The van der Waals surface area contributed by atoms with Gasteiger partial charge in [-0.25, -0.2) is 5.43 Å². The van der Waals surface area contributed by atoms with Crippen LogP contribution in [0.1, 0.15) is 16.5 Å². The first-order chi connectivity index (χ1) is 7.29. The van der Waals surface area contributed by atoms with E-state index in [0.29, 0.717) is 19.8 Å². The molecule has 1 unspecified atom stereocenters. The molecule has 1 aromatic heterocycles. The maximum atomic E-state index is 5.49. The van der Waals surface area contributed by atoms with E-state index < -0.39 is 0 Å². The molecule has 1 atom stereocenters. The van der Waals surface area contributed by atoms with E-state index in [0.717, 1.165) is 0 Å². The predicted molar refractivity (Wildman–Crippen MR) is 61.8 cm³/mol. The highest BCUT2D eigenvalue weighted by molar-refractivity contribution is 7.10. The molecule has 1 rings (SSSR count). The number of aryl methyl sites for hydroxylation is 1. The highest BCUT2D eigenvalue weighted by atomic mass is 32.1. The van der Waals surface area contributed by atoms with Crippen molar-refractivity contribution in [1.29, 1.82) is 0 Å². The third kappa shape index (κ3) is 3.89. The second-order valence-electron chi connectivity index (χ2n) is 3.25. The van der Waals surface area contributed by atoms with Gasteiger partial charge in [-0.05, 0) is 23.9 Å². The number of thiophene rings is 1. The molecule has 5 heteroatoms. The molecule has 1 aromatic rings. The minimum absolute atomic E-state index is 0.0712. The van der Waals surface area contributed by atoms with Gasteiger partial charge in [0.1, 0.15) is 0 Å². The van der Waals surface area contributed by atoms with E-state index in [1.807, 2.05) is 0 Å². The maximum Gasteiger partial charge on any atom is 0.0789 e. The van der Waals surface area contributed by atoms with Crippen molar-refractivity contribution < 1.29 is 9.47 Å². The van der Waals surface area contributed by atoms with E-state index in [1.54, 1.807) is 18.4 Å². The first kappa shape index (κ1) is 12.6. The van der Waals surface area contributed by atoms with Crippen molar-refractivity contribution in [2.45, 2.75) is 13.0 Å². The standard InChI is InChI=1S/C10H18N2O2S/c1-8-3-6-15-10(8)9(12-11)7-14-5-4-13-2/h3,6,9,12H,4-5,7,11H2,1-2H3. The molecule has 0 radical (unpaired) electrons. The second kappa shape index (κ2) is 6.92. The summed E-state index contributed by atoms with van der Waals surface area (Å²) in [7, 11) is 1.66. The minimum atomic E-state index is 0.0712. The molecule has 0 aliphatic carbocycles. The molecule has 0 saturated carbocycles.